The van der Waals surface area contributed by atoms with E-state index in [0.717, 1.165) is 21.6 Å². The standard InChI is InChI=1S/C28H22N4O6S2/c29-40(36,37)23-15-20(38-17-19-9-5-2-6-10-19)11-12-21(23)31-27(34)24-25(33)26-22(13-14-39-26)32(28(24)35)30-16-18-7-3-1-4-8-18/h1-16,33H,17H2,(H,31,34)(H2,29,36,37)/b30-16+. The molecule has 0 unspecified atom stereocenters. The zero-order valence-electron chi connectivity index (χ0n) is 20.7. The van der Waals surface area contributed by atoms with Crippen LogP contribution >= 0.6 is 11.3 Å². The Morgan fingerprint density at radius 2 is 1.75 bits per heavy atom. The third-order valence-electron chi connectivity index (χ3n) is 5.84. The molecular formula is C28H22N4O6S2. The first-order valence-electron chi connectivity index (χ1n) is 11.8. The average Bonchev–Trinajstić information content (AvgIpc) is 3.43. The van der Waals surface area contributed by atoms with E-state index in [9.17, 15) is 23.1 Å². The number of carbonyl (C=O) groups excluding carboxylic acids is 1. The Kier molecular flexibility index (Phi) is 7.47. The molecule has 5 rings (SSSR count). The van der Waals surface area contributed by atoms with Gasteiger partial charge in [-0.15, -0.1) is 11.3 Å². The molecule has 2 heterocycles. The van der Waals surface area contributed by atoms with Crippen LogP contribution < -0.4 is 20.8 Å². The van der Waals surface area contributed by atoms with Gasteiger partial charge in [-0.1, -0.05) is 60.7 Å². The molecule has 0 aliphatic rings. The maximum absolute atomic E-state index is 13.4. The van der Waals surface area contributed by atoms with Crippen molar-refractivity contribution in [2.24, 2.45) is 10.2 Å². The lowest BCUT2D eigenvalue weighted by molar-refractivity contribution is 0.102. The lowest BCUT2D eigenvalue weighted by atomic mass is 10.2. The number of rotatable bonds is 8. The van der Waals surface area contributed by atoms with Crippen LogP contribution in [0.2, 0.25) is 0 Å². The minimum absolute atomic E-state index is 0.175. The molecule has 202 valence electrons. The highest BCUT2D eigenvalue weighted by molar-refractivity contribution is 7.89. The molecule has 5 aromatic rings. The number of ether oxygens (including phenoxy) is 1. The number of thiophene rings is 1. The van der Waals surface area contributed by atoms with E-state index < -0.39 is 37.7 Å². The van der Waals surface area contributed by atoms with Crippen LogP contribution in [0.5, 0.6) is 11.5 Å². The Balaban J connectivity index is 1.50. The first kappa shape index (κ1) is 26.8. The fraction of sp³-hybridized carbons (Fsp3) is 0.0357. The number of anilines is 1. The smallest absolute Gasteiger partial charge is 0.288 e. The van der Waals surface area contributed by atoms with E-state index >= 15 is 0 Å². The molecule has 0 aliphatic carbocycles. The summed E-state index contributed by atoms with van der Waals surface area (Å²) in [4.78, 5) is 26.3. The van der Waals surface area contributed by atoms with Crippen molar-refractivity contribution in [1.82, 2.24) is 4.68 Å². The number of nitrogens with two attached hydrogens (primary N) is 1. The van der Waals surface area contributed by atoms with Crippen molar-refractivity contribution in [3.05, 3.63) is 117 Å². The Morgan fingerprint density at radius 1 is 1.05 bits per heavy atom. The van der Waals surface area contributed by atoms with Crippen LogP contribution in [-0.4, -0.2) is 30.3 Å². The molecule has 0 saturated heterocycles. The number of nitrogens with zero attached hydrogens (tertiary/aromatic N) is 2. The highest BCUT2D eigenvalue weighted by atomic mass is 32.2. The van der Waals surface area contributed by atoms with Gasteiger partial charge in [-0.25, -0.2) is 13.6 Å². The Morgan fingerprint density at radius 3 is 2.45 bits per heavy atom. The predicted octanol–water partition coefficient (Wildman–Crippen LogP) is 4.13. The quantitative estimate of drug-likeness (QED) is 0.237. The van der Waals surface area contributed by atoms with Gasteiger partial charge in [0.2, 0.25) is 10.0 Å². The van der Waals surface area contributed by atoms with E-state index in [1.54, 1.807) is 35.7 Å². The third-order valence-corrected chi connectivity index (χ3v) is 7.70. The molecule has 2 aromatic heterocycles. The summed E-state index contributed by atoms with van der Waals surface area (Å²) in [5.41, 5.74) is 0.190. The highest BCUT2D eigenvalue weighted by Crippen LogP contribution is 2.32. The monoisotopic (exact) mass is 574 g/mol. The van der Waals surface area contributed by atoms with Gasteiger partial charge >= 0.3 is 0 Å². The molecule has 0 saturated carbocycles. The summed E-state index contributed by atoms with van der Waals surface area (Å²) in [6.45, 7) is 0.175. The minimum atomic E-state index is -4.32. The van der Waals surface area contributed by atoms with Crippen molar-refractivity contribution < 1.29 is 23.1 Å². The number of hydrogen-bond donors (Lipinski definition) is 3. The van der Waals surface area contributed by atoms with Crippen LogP contribution in [0.1, 0.15) is 21.5 Å². The summed E-state index contributed by atoms with van der Waals surface area (Å²) in [7, 11) is -4.32. The Bertz CT molecular complexity index is 1900. The number of fused-ring (bicyclic) bond motifs is 1. The minimum Gasteiger partial charge on any atom is -0.505 e. The van der Waals surface area contributed by atoms with Crippen LogP contribution in [0, 0.1) is 0 Å². The molecular weight excluding hydrogens is 552 g/mol. The lowest BCUT2D eigenvalue weighted by Crippen LogP contribution is -2.28. The van der Waals surface area contributed by atoms with Crippen LogP contribution in [0.3, 0.4) is 0 Å². The van der Waals surface area contributed by atoms with Crippen LogP contribution in [0.25, 0.3) is 10.2 Å². The van der Waals surface area contributed by atoms with Gasteiger partial charge in [0.25, 0.3) is 11.5 Å². The second-order valence-electron chi connectivity index (χ2n) is 8.56. The zero-order valence-corrected chi connectivity index (χ0v) is 22.4. The van der Waals surface area contributed by atoms with Crippen LogP contribution in [0.15, 0.2) is 105 Å². The fourth-order valence-corrected chi connectivity index (χ4v) is 5.44. The van der Waals surface area contributed by atoms with Crippen molar-refractivity contribution in [3.63, 3.8) is 0 Å². The first-order valence-corrected chi connectivity index (χ1v) is 14.2. The van der Waals surface area contributed by atoms with Gasteiger partial charge in [0, 0.05) is 6.07 Å². The molecule has 3 aromatic carbocycles. The molecule has 4 N–H and O–H groups in total. The summed E-state index contributed by atoms with van der Waals surface area (Å²) in [6.07, 6.45) is 1.45. The summed E-state index contributed by atoms with van der Waals surface area (Å²) < 4.78 is 31.7. The molecule has 1 amide bonds. The molecule has 40 heavy (non-hydrogen) atoms. The number of benzene rings is 3. The van der Waals surface area contributed by atoms with Crippen molar-refractivity contribution in [2.75, 3.05) is 5.32 Å². The average molecular weight is 575 g/mol. The number of nitrogens with one attached hydrogen (secondary N) is 1. The second kappa shape index (κ2) is 11.1. The van der Waals surface area contributed by atoms with Gasteiger partial charge < -0.3 is 15.2 Å². The van der Waals surface area contributed by atoms with Crippen molar-refractivity contribution in [3.8, 4) is 11.5 Å². The zero-order chi connectivity index (χ0) is 28.3. The van der Waals surface area contributed by atoms with Crippen LogP contribution in [0.4, 0.5) is 5.69 Å². The van der Waals surface area contributed by atoms with E-state index in [2.05, 4.69) is 10.4 Å². The normalized spacial score (nSPS) is 11.6. The fourth-order valence-electron chi connectivity index (χ4n) is 3.92. The Labute approximate surface area is 232 Å². The number of pyridine rings is 1. The van der Waals surface area contributed by atoms with E-state index in [1.807, 2.05) is 36.4 Å². The molecule has 10 nitrogen and oxygen atoms in total. The van der Waals surface area contributed by atoms with E-state index in [-0.39, 0.29) is 22.7 Å². The van der Waals surface area contributed by atoms with E-state index in [4.69, 9.17) is 9.88 Å². The van der Waals surface area contributed by atoms with Gasteiger partial charge in [-0.2, -0.15) is 9.78 Å². The number of hydrogen-bond acceptors (Lipinski definition) is 8. The van der Waals surface area contributed by atoms with E-state index in [1.165, 1.54) is 24.4 Å². The third kappa shape index (κ3) is 5.64. The van der Waals surface area contributed by atoms with E-state index in [0.29, 0.717) is 11.1 Å². The highest BCUT2D eigenvalue weighted by Gasteiger charge is 2.25. The lowest BCUT2D eigenvalue weighted by Gasteiger charge is -2.14. The molecule has 0 fully saturated rings. The number of primary sulfonamides is 1. The predicted molar refractivity (Wildman–Crippen MR) is 154 cm³/mol. The van der Waals surface area contributed by atoms with Gasteiger partial charge in [-0.3, -0.25) is 9.59 Å². The summed E-state index contributed by atoms with van der Waals surface area (Å²) in [5, 5.41) is 24.6. The maximum Gasteiger partial charge on any atom is 0.288 e. The largest absolute Gasteiger partial charge is 0.505 e. The van der Waals surface area contributed by atoms with Crippen molar-refractivity contribution >= 4 is 49.4 Å². The van der Waals surface area contributed by atoms with Crippen LogP contribution in [-0.2, 0) is 16.6 Å². The second-order valence-corrected chi connectivity index (χ2v) is 11.0. The maximum atomic E-state index is 13.4. The van der Waals surface area contributed by atoms with Gasteiger partial charge in [0.1, 0.15) is 17.3 Å². The first-order chi connectivity index (χ1) is 19.2. The molecule has 0 bridgehead atoms. The SMILES string of the molecule is NS(=O)(=O)c1cc(OCc2ccccc2)ccc1NC(=O)c1c(O)c2sccc2n(/N=C/c2ccccc2)c1=O. The molecule has 0 aliphatic heterocycles. The van der Waals surface area contributed by atoms with Crippen molar-refractivity contribution in [2.45, 2.75) is 11.5 Å². The number of amides is 1. The van der Waals surface area contributed by atoms with Gasteiger partial charge in [-0.05, 0) is 34.7 Å². The Hall–Kier alpha value is -4.78. The molecule has 0 atom stereocenters. The summed E-state index contributed by atoms with van der Waals surface area (Å²) >= 11 is 1.11. The number of aromatic hydroxyl groups is 1. The van der Waals surface area contributed by atoms with Gasteiger partial charge in [0.15, 0.2) is 11.3 Å². The van der Waals surface area contributed by atoms with Crippen molar-refractivity contribution in [1.29, 1.82) is 0 Å². The number of aromatic nitrogens is 1. The molecule has 0 radical (unpaired) electrons. The molecule has 12 heteroatoms. The topological polar surface area (TPSA) is 153 Å². The number of carbonyl (C=O) groups is 1. The number of sulfonamides is 1. The van der Waals surface area contributed by atoms with Gasteiger partial charge in [0.05, 0.1) is 22.1 Å². The molecule has 0 spiro atoms. The summed E-state index contributed by atoms with van der Waals surface area (Å²) in [6, 6.07) is 23.8. The summed E-state index contributed by atoms with van der Waals surface area (Å²) in [5.74, 6) is -1.38.